The molecule has 208 valence electrons. The molecule has 0 saturated carbocycles. The minimum absolute atomic E-state index is 0.00453. The lowest BCUT2D eigenvalue weighted by Crippen LogP contribution is -2.33. The fourth-order valence-corrected chi connectivity index (χ4v) is 6.21. The third-order valence-corrected chi connectivity index (χ3v) is 8.60. The van der Waals surface area contributed by atoms with Crippen molar-refractivity contribution in [2.24, 2.45) is 0 Å². The summed E-state index contributed by atoms with van der Waals surface area (Å²) in [5.41, 5.74) is 0.0136. The van der Waals surface area contributed by atoms with Gasteiger partial charge in [0, 0.05) is 11.6 Å². The second-order valence-electron chi connectivity index (χ2n) is 9.50. The first-order chi connectivity index (χ1) is 19.4. The molecular formula is C28H21Cl2N5O5S. The lowest BCUT2D eigenvalue weighted by molar-refractivity contribution is 0.483. The van der Waals surface area contributed by atoms with E-state index in [4.69, 9.17) is 33.2 Å². The second-order valence-corrected chi connectivity index (χ2v) is 12.1. The molecule has 10 nitrogen and oxygen atoms in total. The third-order valence-electron chi connectivity index (χ3n) is 6.35. The van der Waals surface area contributed by atoms with Gasteiger partial charge in [-0.1, -0.05) is 54.7 Å². The van der Waals surface area contributed by atoms with Crippen LogP contribution in [-0.4, -0.2) is 27.2 Å². The van der Waals surface area contributed by atoms with E-state index in [9.17, 15) is 18.0 Å². The van der Waals surface area contributed by atoms with E-state index in [0.717, 1.165) is 15.8 Å². The summed E-state index contributed by atoms with van der Waals surface area (Å²) in [5.74, 6) is 0.412. The van der Waals surface area contributed by atoms with E-state index < -0.39 is 27.0 Å². The van der Waals surface area contributed by atoms with Crippen LogP contribution < -0.4 is 16.0 Å². The molecule has 0 bridgehead atoms. The van der Waals surface area contributed by atoms with Crippen molar-refractivity contribution in [2.45, 2.75) is 31.6 Å². The number of aromatic amines is 1. The Morgan fingerprint density at radius 2 is 1.68 bits per heavy atom. The average Bonchev–Trinajstić information content (AvgIpc) is 3.31. The molecule has 41 heavy (non-hydrogen) atoms. The number of hydrogen-bond acceptors (Lipinski definition) is 7. The first kappa shape index (κ1) is 28.2. The molecule has 13 heteroatoms. The molecule has 2 heterocycles. The first-order valence-corrected chi connectivity index (χ1v) is 14.4. The Morgan fingerprint density at radius 1 is 1.02 bits per heavy atom. The van der Waals surface area contributed by atoms with E-state index in [1.54, 1.807) is 54.7 Å². The monoisotopic (exact) mass is 609 g/mol. The number of benzene rings is 3. The molecule has 0 aliphatic heterocycles. The smallest absolute Gasteiger partial charge is 0.349 e. The summed E-state index contributed by atoms with van der Waals surface area (Å²) >= 11 is 12.9. The van der Waals surface area contributed by atoms with E-state index in [0.29, 0.717) is 16.7 Å². The Bertz CT molecular complexity index is 2080. The summed E-state index contributed by atoms with van der Waals surface area (Å²) in [6, 6.07) is 15.9. The number of H-pyrrole nitrogens is 1. The van der Waals surface area contributed by atoms with Gasteiger partial charge >= 0.3 is 5.69 Å². The van der Waals surface area contributed by atoms with Gasteiger partial charge in [0.15, 0.2) is 5.75 Å². The van der Waals surface area contributed by atoms with Gasteiger partial charge in [0.05, 0.1) is 26.1 Å². The van der Waals surface area contributed by atoms with Crippen LogP contribution in [0.2, 0.25) is 10.0 Å². The standard InChI is InChI=1S/C28H21Cl2N5O5S/c1-15(2)21-14-34(41(38,39)19-7-4-16(3)5-8-19)25-9-6-18(12-20(21)25)40-26-22(29)10-17(11-23(26)30)35-28(37)32-27(36)24(13-31)33-35/h4-12,14-15H,1-3H3,(H,32,36,37). The van der Waals surface area contributed by atoms with E-state index in [1.165, 1.54) is 16.1 Å². The number of hydrogen-bond donors (Lipinski definition) is 1. The van der Waals surface area contributed by atoms with Gasteiger partial charge in [-0.05, 0) is 60.9 Å². The Balaban J connectivity index is 1.56. The van der Waals surface area contributed by atoms with Crippen LogP contribution in [0.4, 0.5) is 0 Å². The number of fused-ring (bicyclic) bond motifs is 1. The number of nitriles is 1. The minimum Gasteiger partial charge on any atom is -0.454 e. The molecule has 0 amide bonds. The van der Waals surface area contributed by atoms with Gasteiger partial charge in [-0.15, -0.1) is 5.10 Å². The number of aromatic nitrogens is 4. The van der Waals surface area contributed by atoms with Gasteiger partial charge in [0.2, 0.25) is 5.69 Å². The molecule has 0 aliphatic carbocycles. The van der Waals surface area contributed by atoms with Crippen molar-refractivity contribution in [1.82, 2.24) is 18.7 Å². The van der Waals surface area contributed by atoms with Crippen LogP contribution >= 0.6 is 23.2 Å². The van der Waals surface area contributed by atoms with Gasteiger partial charge < -0.3 is 4.74 Å². The topological polar surface area (TPSA) is 140 Å². The van der Waals surface area contributed by atoms with Gasteiger partial charge in [-0.25, -0.2) is 17.2 Å². The lowest BCUT2D eigenvalue weighted by atomic mass is 10.0. The Labute approximate surface area is 244 Å². The first-order valence-electron chi connectivity index (χ1n) is 12.2. The number of aryl methyl sites for hydroxylation is 1. The zero-order valence-corrected chi connectivity index (χ0v) is 24.2. The number of nitrogens with zero attached hydrogens (tertiary/aromatic N) is 4. The summed E-state index contributed by atoms with van der Waals surface area (Å²) in [5, 5.41) is 13.6. The van der Waals surface area contributed by atoms with Crippen LogP contribution in [0.15, 0.2) is 75.3 Å². The highest BCUT2D eigenvalue weighted by Crippen LogP contribution is 2.40. The van der Waals surface area contributed by atoms with Crippen LogP contribution in [0.3, 0.4) is 0 Å². The summed E-state index contributed by atoms with van der Waals surface area (Å²) in [7, 11) is -3.87. The highest BCUT2D eigenvalue weighted by molar-refractivity contribution is 7.90. The summed E-state index contributed by atoms with van der Waals surface area (Å²) in [6.45, 7) is 5.81. The highest BCUT2D eigenvalue weighted by atomic mass is 35.5. The van der Waals surface area contributed by atoms with E-state index >= 15 is 0 Å². The maximum atomic E-state index is 13.5. The SMILES string of the molecule is Cc1ccc(S(=O)(=O)n2cc(C(C)C)c3cc(Oc4c(Cl)cc(-n5nc(C#N)c(=O)[nH]c5=O)cc4Cl)ccc32)cc1. The molecule has 0 aliphatic rings. The predicted molar refractivity (Wildman–Crippen MR) is 155 cm³/mol. The zero-order chi connectivity index (χ0) is 29.6. The van der Waals surface area contributed by atoms with Crippen LogP contribution in [0.1, 0.15) is 36.6 Å². The summed E-state index contributed by atoms with van der Waals surface area (Å²) < 4.78 is 35.1. The van der Waals surface area contributed by atoms with Crippen LogP contribution in [-0.2, 0) is 10.0 Å². The molecule has 2 aromatic heterocycles. The van der Waals surface area contributed by atoms with Crippen molar-refractivity contribution in [3.8, 4) is 23.3 Å². The predicted octanol–water partition coefficient (Wildman–Crippen LogP) is 5.52. The van der Waals surface area contributed by atoms with E-state index in [2.05, 4.69) is 5.10 Å². The van der Waals surface area contributed by atoms with Gasteiger partial charge in [0.1, 0.15) is 11.8 Å². The Kier molecular flexibility index (Phi) is 7.25. The molecule has 5 aromatic rings. The van der Waals surface area contributed by atoms with E-state index in [1.807, 2.05) is 25.8 Å². The van der Waals surface area contributed by atoms with E-state index in [-0.39, 0.29) is 32.3 Å². The second kappa shape index (κ2) is 10.6. The normalized spacial score (nSPS) is 11.6. The lowest BCUT2D eigenvalue weighted by Gasteiger charge is -2.13. The van der Waals surface area contributed by atoms with Crippen molar-refractivity contribution >= 4 is 44.1 Å². The van der Waals surface area contributed by atoms with Gasteiger partial charge in [-0.2, -0.15) is 9.94 Å². The summed E-state index contributed by atoms with van der Waals surface area (Å²) in [6.07, 6.45) is 1.62. The average molecular weight is 610 g/mol. The molecule has 1 N–H and O–H groups in total. The molecule has 0 fully saturated rings. The number of ether oxygens (including phenoxy) is 1. The molecule has 0 unspecified atom stereocenters. The fraction of sp³-hybridized carbons (Fsp3) is 0.143. The van der Waals surface area contributed by atoms with Crippen molar-refractivity contribution in [1.29, 1.82) is 5.26 Å². The van der Waals surface area contributed by atoms with Gasteiger partial charge in [0.25, 0.3) is 15.6 Å². The van der Waals surface area contributed by atoms with Crippen molar-refractivity contribution in [2.75, 3.05) is 0 Å². The van der Waals surface area contributed by atoms with Crippen molar-refractivity contribution in [3.05, 3.63) is 108 Å². The molecule has 0 saturated heterocycles. The maximum absolute atomic E-state index is 13.5. The van der Waals surface area contributed by atoms with Crippen molar-refractivity contribution < 1.29 is 13.2 Å². The summed E-state index contributed by atoms with van der Waals surface area (Å²) in [4.78, 5) is 26.1. The zero-order valence-electron chi connectivity index (χ0n) is 21.8. The number of rotatable bonds is 6. The third kappa shape index (κ3) is 5.13. The molecular weight excluding hydrogens is 589 g/mol. The van der Waals surface area contributed by atoms with Gasteiger partial charge in [-0.3, -0.25) is 9.78 Å². The molecule has 0 atom stereocenters. The quantitative estimate of drug-likeness (QED) is 0.267. The van der Waals surface area contributed by atoms with Crippen molar-refractivity contribution in [3.63, 3.8) is 0 Å². The molecule has 5 rings (SSSR count). The maximum Gasteiger partial charge on any atom is 0.349 e. The molecule has 0 radical (unpaired) electrons. The van der Waals surface area contributed by atoms with Crippen LogP contribution in [0.25, 0.3) is 16.6 Å². The number of nitrogens with one attached hydrogen (secondary N) is 1. The Hall–Kier alpha value is -4.37. The molecule has 0 spiro atoms. The van der Waals surface area contributed by atoms with Crippen LogP contribution in [0.5, 0.6) is 11.5 Å². The highest BCUT2D eigenvalue weighted by Gasteiger charge is 2.23. The number of halogens is 2. The molecule has 3 aromatic carbocycles. The largest absolute Gasteiger partial charge is 0.454 e. The minimum atomic E-state index is -3.87. The fourth-order valence-electron chi connectivity index (χ4n) is 4.28. The Morgan fingerprint density at radius 3 is 2.29 bits per heavy atom. The van der Waals surface area contributed by atoms with Crippen LogP contribution in [0, 0.1) is 18.3 Å².